The summed E-state index contributed by atoms with van der Waals surface area (Å²) >= 11 is 0. The van der Waals surface area contributed by atoms with Gasteiger partial charge in [-0.05, 0) is 23.8 Å². The first-order chi connectivity index (χ1) is 9.05. The third kappa shape index (κ3) is 2.32. The Morgan fingerprint density at radius 3 is 2.74 bits per heavy atom. The topological polar surface area (TPSA) is 55.4 Å². The van der Waals surface area contributed by atoms with E-state index in [2.05, 4.69) is 10.8 Å². The van der Waals surface area contributed by atoms with Gasteiger partial charge in [-0.2, -0.15) is 13.1 Å². The van der Waals surface area contributed by atoms with E-state index in [0.717, 1.165) is 0 Å². The van der Waals surface area contributed by atoms with Crippen molar-refractivity contribution < 1.29 is 17.0 Å². The van der Waals surface area contributed by atoms with Crippen LogP contribution in [0.3, 0.4) is 0 Å². The number of benzene rings is 2. The molecule has 0 aliphatic carbocycles. The highest BCUT2D eigenvalue weighted by Crippen LogP contribution is 2.36. The molecule has 0 fully saturated rings. The first-order valence-corrected chi connectivity index (χ1v) is 6.94. The van der Waals surface area contributed by atoms with Crippen LogP contribution in [0.4, 0.5) is 4.39 Å². The molecule has 0 saturated carbocycles. The molecule has 6 heteroatoms. The van der Waals surface area contributed by atoms with Gasteiger partial charge in [-0.15, -0.1) is 0 Å². The second kappa shape index (κ2) is 4.32. The quantitative estimate of drug-likeness (QED) is 0.868. The Balaban J connectivity index is 2.23. The Hall–Kier alpha value is -1.92. The van der Waals surface area contributed by atoms with Gasteiger partial charge < -0.3 is 4.18 Å². The van der Waals surface area contributed by atoms with Gasteiger partial charge in [0.2, 0.25) is 0 Å². The van der Waals surface area contributed by atoms with Crippen LogP contribution in [-0.4, -0.2) is 8.42 Å². The van der Waals surface area contributed by atoms with Crippen LogP contribution in [0, 0.1) is 11.9 Å². The van der Waals surface area contributed by atoms with Crippen molar-refractivity contribution in [3.63, 3.8) is 0 Å². The normalized spacial score (nSPS) is 16.5. The van der Waals surface area contributed by atoms with Gasteiger partial charge in [0.1, 0.15) is 5.82 Å². The molecule has 0 aromatic heterocycles. The maximum Gasteiger partial charge on any atom is 0.382 e. The van der Waals surface area contributed by atoms with E-state index in [9.17, 15) is 12.8 Å². The average Bonchev–Trinajstić information content (AvgIpc) is 2.39. The first-order valence-electron chi connectivity index (χ1n) is 5.53. The fourth-order valence-electron chi connectivity index (χ4n) is 1.97. The van der Waals surface area contributed by atoms with E-state index in [1.807, 2.05) is 0 Å². The van der Waals surface area contributed by atoms with Gasteiger partial charge >= 0.3 is 10.3 Å². The SMILES string of the molecule is O=S1(=O)NCc2cc(F)cc(-c3cc[c]cc3)c2O1. The lowest BCUT2D eigenvalue weighted by atomic mass is 10.0. The lowest BCUT2D eigenvalue weighted by molar-refractivity contribution is 0.452. The largest absolute Gasteiger partial charge is 0.382 e. The number of hydrogen-bond donors (Lipinski definition) is 1. The van der Waals surface area contributed by atoms with Crippen LogP contribution < -0.4 is 8.91 Å². The van der Waals surface area contributed by atoms with Crippen LogP contribution in [0.25, 0.3) is 11.1 Å². The molecule has 2 aromatic carbocycles. The van der Waals surface area contributed by atoms with Crippen LogP contribution in [0.5, 0.6) is 5.75 Å². The van der Waals surface area contributed by atoms with E-state index >= 15 is 0 Å². The summed E-state index contributed by atoms with van der Waals surface area (Å²) in [4.78, 5) is 0. The van der Waals surface area contributed by atoms with Crippen molar-refractivity contribution in [1.82, 2.24) is 4.72 Å². The van der Waals surface area contributed by atoms with E-state index in [4.69, 9.17) is 4.18 Å². The van der Waals surface area contributed by atoms with E-state index in [0.29, 0.717) is 16.7 Å². The predicted octanol–water partition coefficient (Wildman–Crippen LogP) is 2.02. The molecule has 4 nitrogen and oxygen atoms in total. The fourth-order valence-corrected chi connectivity index (χ4v) is 2.77. The van der Waals surface area contributed by atoms with Crippen LogP contribution in [0.15, 0.2) is 36.4 Å². The van der Waals surface area contributed by atoms with E-state index in [1.165, 1.54) is 12.1 Å². The zero-order chi connectivity index (χ0) is 13.5. The Bertz CT molecular complexity index is 729. The lowest BCUT2D eigenvalue weighted by Crippen LogP contribution is -2.32. The Morgan fingerprint density at radius 2 is 2.00 bits per heavy atom. The van der Waals surface area contributed by atoms with Gasteiger partial charge in [0.25, 0.3) is 0 Å². The van der Waals surface area contributed by atoms with E-state index in [1.54, 1.807) is 24.3 Å². The zero-order valence-corrected chi connectivity index (χ0v) is 10.5. The summed E-state index contributed by atoms with van der Waals surface area (Å²) in [5.41, 5.74) is 1.55. The minimum atomic E-state index is -3.82. The molecule has 0 atom stereocenters. The average molecular weight is 278 g/mol. The van der Waals surface area contributed by atoms with Gasteiger partial charge in [0.15, 0.2) is 5.75 Å². The number of fused-ring (bicyclic) bond motifs is 1. The highest BCUT2D eigenvalue weighted by atomic mass is 32.2. The van der Waals surface area contributed by atoms with Crippen molar-refractivity contribution in [1.29, 1.82) is 0 Å². The lowest BCUT2D eigenvalue weighted by Gasteiger charge is -2.20. The van der Waals surface area contributed by atoms with Crippen molar-refractivity contribution >= 4 is 10.3 Å². The van der Waals surface area contributed by atoms with Crippen molar-refractivity contribution in [3.05, 3.63) is 53.8 Å². The predicted molar refractivity (Wildman–Crippen MR) is 67.1 cm³/mol. The molecule has 1 aliphatic rings. The molecule has 97 valence electrons. The van der Waals surface area contributed by atoms with Gasteiger partial charge in [-0.25, -0.2) is 4.39 Å². The fraction of sp³-hybridized carbons (Fsp3) is 0.0769. The highest BCUT2D eigenvalue weighted by Gasteiger charge is 2.25. The molecule has 1 aliphatic heterocycles. The molecule has 0 saturated heterocycles. The molecule has 1 N–H and O–H groups in total. The smallest absolute Gasteiger partial charge is 0.370 e. The standard InChI is InChI=1S/C13H9FNO3S/c14-11-6-10-8-15-19(16,17)18-13(10)12(7-11)9-4-2-1-3-5-9/h2-7,15H,8H2. The summed E-state index contributed by atoms with van der Waals surface area (Å²) in [6.07, 6.45) is 0. The Kier molecular flexibility index (Phi) is 2.76. The molecule has 3 rings (SSSR count). The summed E-state index contributed by atoms with van der Waals surface area (Å²) in [5.74, 6) is -0.266. The molecule has 0 spiro atoms. The third-order valence-electron chi connectivity index (χ3n) is 2.79. The van der Waals surface area contributed by atoms with Crippen LogP contribution in [0.1, 0.15) is 5.56 Å². The summed E-state index contributed by atoms with van der Waals surface area (Å²) < 4.78 is 43.6. The Morgan fingerprint density at radius 1 is 1.26 bits per heavy atom. The van der Waals surface area contributed by atoms with Gasteiger partial charge in [0, 0.05) is 17.7 Å². The number of nitrogens with one attached hydrogen (secondary N) is 1. The monoisotopic (exact) mass is 278 g/mol. The van der Waals surface area contributed by atoms with Crippen molar-refractivity contribution in [2.45, 2.75) is 6.54 Å². The highest BCUT2D eigenvalue weighted by molar-refractivity contribution is 7.85. The van der Waals surface area contributed by atoms with E-state index < -0.39 is 16.1 Å². The second-order valence-corrected chi connectivity index (χ2v) is 5.45. The molecular formula is C13H9FNO3S. The third-order valence-corrected chi connectivity index (χ3v) is 3.68. The van der Waals surface area contributed by atoms with Crippen molar-refractivity contribution in [2.24, 2.45) is 0 Å². The number of hydrogen-bond acceptors (Lipinski definition) is 3. The van der Waals surface area contributed by atoms with Crippen LogP contribution in [0.2, 0.25) is 0 Å². The first kappa shape index (κ1) is 12.1. The molecule has 0 amide bonds. The molecule has 1 radical (unpaired) electrons. The van der Waals surface area contributed by atoms with Gasteiger partial charge in [0.05, 0.1) is 0 Å². The number of halogens is 1. The minimum absolute atomic E-state index is 0.0153. The maximum atomic E-state index is 13.6. The summed E-state index contributed by atoms with van der Waals surface area (Å²) in [7, 11) is -3.82. The van der Waals surface area contributed by atoms with Crippen LogP contribution in [-0.2, 0) is 16.8 Å². The van der Waals surface area contributed by atoms with Crippen LogP contribution >= 0.6 is 0 Å². The minimum Gasteiger partial charge on any atom is -0.370 e. The van der Waals surface area contributed by atoms with Gasteiger partial charge in [-0.1, -0.05) is 24.3 Å². The maximum absolute atomic E-state index is 13.6. The molecule has 0 unspecified atom stereocenters. The summed E-state index contributed by atoms with van der Waals surface area (Å²) in [6, 6.07) is 12.1. The van der Waals surface area contributed by atoms with Crippen molar-refractivity contribution in [2.75, 3.05) is 0 Å². The molecule has 2 aromatic rings. The molecule has 1 heterocycles. The van der Waals surface area contributed by atoms with Crippen molar-refractivity contribution in [3.8, 4) is 16.9 Å². The molecule has 0 bridgehead atoms. The van der Waals surface area contributed by atoms with Gasteiger partial charge in [-0.3, -0.25) is 0 Å². The summed E-state index contributed by atoms with van der Waals surface area (Å²) in [5, 5.41) is 0. The second-order valence-electron chi connectivity index (χ2n) is 4.09. The number of rotatable bonds is 1. The molecular weight excluding hydrogens is 269 g/mol. The molecule has 19 heavy (non-hydrogen) atoms. The summed E-state index contributed by atoms with van der Waals surface area (Å²) in [6.45, 7) is 0.0153. The van der Waals surface area contributed by atoms with E-state index in [-0.39, 0.29) is 12.3 Å². The zero-order valence-electron chi connectivity index (χ0n) is 9.68. The Labute approximate surface area is 110 Å².